The highest BCUT2D eigenvalue weighted by Gasteiger charge is 2.34. The van der Waals surface area contributed by atoms with Crippen molar-refractivity contribution < 1.29 is 9.53 Å². The van der Waals surface area contributed by atoms with Gasteiger partial charge in [-0.05, 0) is 68.0 Å². The molecule has 0 aromatic carbocycles. The molecule has 2 aliphatic rings. The summed E-state index contributed by atoms with van der Waals surface area (Å²) < 4.78 is 6.89. The Bertz CT molecular complexity index is 550. The summed E-state index contributed by atoms with van der Waals surface area (Å²) in [7, 11) is 1.72. The van der Waals surface area contributed by atoms with Crippen LogP contribution < -0.4 is 0 Å². The van der Waals surface area contributed by atoms with Crippen LogP contribution in [0.15, 0.2) is 6.33 Å². The number of tetrazole rings is 1. The number of ether oxygens (including phenoxy) is 1. The number of rotatable bonds is 10. The lowest BCUT2D eigenvalue weighted by Crippen LogP contribution is -2.51. The lowest BCUT2D eigenvalue weighted by molar-refractivity contribution is -0.133. The van der Waals surface area contributed by atoms with Gasteiger partial charge in [0.2, 0.25) is 5.91 Å². The Labute approximate surface area is 162 Å². The van der Waals surface area contributed by atoms with Gasteiger partial charge in [0.25, 0.3) is 0 Å². The number of fused-ring (bicyclic) bond motifs is 1. The number of amides is 1. The van der Waals surface area contributed by atoms with Crippen molar-refractivity contribution in [2.75, 3.05) is 39.9 Å². The zero-order valence-corrected chi connectivity index (χ0v) is 16.6. The molecule has 8 heteroatoms. The van der Waals surface area contributed by atoms with E-state index < -0.39 is 0 Å². The fraction of sp³-hybridized carbons (Fsp3) is 0.895. The smallest absolute Gasteiger partial charge is 0.222 e. The zero-order valence-electron chi connectivity index (χ0n) is 16.6. The first-order valence-corrected chi connectivity index (χ1v) is 10.5. The van der Waals surface area contributed by atoms with Crippen LogP contribution >= 0.6 is 0 Å². The summed E-state index contributed by atoms with van der Waals surface area (Å²) in [5.74, 6) is 0.872. The number of carbonyl (C=O) groups excluding carboxylic acids is 1. The molecule has 1 amide bonds. The molecule has 1 aromatic heterocycles. The van der Waals surface area contributed by atoms with E-state index in [0.29, 0.717) is 31.5 Å². The van der Waals surface area contributed by atoms with E-state index >= 15 is 0 Å². The molecule has 0 N–H and O–H groups in total. The first-order valence-electron chi connectivity index (χ1n) is 10.5. The van der Waals surface area contributed by atoms with Crippen molar-refractivity contribution in [3.63, 3.8) is 0 Å². The van der Waals surface area contributed by atoms with Crippen LogP contribution in [0, 0.1) is 5.92 Å². The Hall–Kier alpha value is -1.54. The van der Waals surface area contributed by atoms with E-state index in [1.807, 2.05) is 0 Å². The maximum Gasteiger partial charge on any atom is 0.222 e. The minimum Gasteiger partial charge on any atom is -0.385 e. The summed E-state index contributed by atoms with van der Waals surface area (Å²) in [4.78, 5) is 17.7. The molecular formula is C19H34N6O2. The van der Waals surface area contributed by atoms with Crippen LogP contribution in [0.1, 0.15) is 51.4 Å². The Morgan fingerprint density at radius 1 is 1.22 bits per heavy atom. The zero-order chi connectivity index (χ0) is 18.9. The van der Waals surface area contributed by atoms with Gasteiger partial charge in [0, 0.05) is 45.8 Å². The molecule has 0 bridgehead atoms. The van der Waals surface area contributed by atoms with Crippen molar-refractivity contribution in [2.45, 2.75) is 64.0 Å². The summed E-state index contributed by atoms with van der Waals surface area (Å²) in [6.07, 6.45) is 10.3. The summed E-state index contributed by atoms with van der Waals surface area (Å²) >= 11 is 0. The molecule has 2 fully saturated rings. The lowest BCUT2D eigenvalue weighted by Gasteiger charge is -2.45. The van der Waals surface area contributed by atoms with Crippen molar-refractivity contribution in [3.05, 3.63) is 6.33 Å². The van der Waals surface area contributed by atoms with Crippen LogP contribution in [0.2, 0.25) is 0 Å². The molecular weight excluding hydrogens is 344 g/mol. The van der Waals surface area contributed by atoms with E-state index in [9.17, 15) is 4.79 Å². The minimum absolute atomic E-state index is 0.257. The SMILES string of the molecule is COCCCN(C[C@@H]1CCCN2CCCC[C@H]12)C(=O)CCCn1cnnn1. The molecule has 0 aliphatic carbocycles. The highest BCUT2D eigenvalue weighted by molar-refractivity contribution is 5.76. The fourth-order valence-corrected chi connectivity index (χ4v) is 4.62. The number of aryl methyl sites for hydroxylation is 1. The summed E-state index contributed by atoms with van der Waals surface area (Å²) in [5.41, 5.74) is 0. The van der Waals surface area contributed by atoms with Gasteiger partial charge < -0.3 is 14.5 Å². The maximum absolute atomic E-state index is 12.9. The van der Waals surface area contributed by atoms with E-state index in [1.54, 1.807) is 18.1 Å². The van der Waals surface area contributed by atoms with Gasteiger partial charge in [0.1, 0.15) is 6.33 Å². The van der Waals surface area contributed by atoms with Gasteiger partial charge >= 0.3 is 0 Å². The summed E-state index contributed by atoms with van der Waals surface area (Å²) in [5, 5.41) is 11.1. The van der Waals surface area contributed by atoms with Crippen LogP contribution in [-0.4, -0.2) is 81.9 Å². The van der Waals surface area contributed by atoms with Gasteiger partial charge in [0.05, 0.1) is 0 Å². The van der Waals surface area contributed by atoms with Gasteiger partial charge in [-0.15, -0.1) is 5.10 Å². The normalized spacial score (nSPS) is 23.1. The first kappa shape index (κ1) is 20.2. The number of methoxy groups -OCH3 is 1. The number of aromatic nitrogens is 4. The average Bonchev–Trinajstić information content (AvgIpc) is 3.21. The molecule has 0 saturated carbocycles. The molecule has 0 radical (unpaired) electrons. The Morgan fingerprint density at radius 2 is 2.11 bits per heavy atom. The molecule has 0 spiro atoms. The second-order valence-electron chi connectivity index (χ2n) is 7.86. The highest BCUT2D eigenvalue weighted by atomic mass is 16.5. The first-order chi connectivity index (χ1) is 13.3. The Kier molecular flexibility index (Phi) is 8.01. The van der Waals surface area contributed by atoms with E-state index in [1.165, 1.54) is 45.2 Å². The van der Waals surface area contributed by atoms with Gasteiger partial charge in [-0.25, -0.2) is 4.68 Å². The molecule has 3 rings (SSSR count). The molecule has 2 saturated heterocycles. The number of piperidine rings is 2. The Balaban J connectivity index is 1.53. The minimum atomic E-state index is 0.257. The van der Waals surface area contributed by atoms with Crippen molar-refractivity contribution >= 4 is 5.91 Å². The monoisotopic (exact) mass is 378 g/mol. The molecule has 152 valence electrons. The summed E-state index contributed by atoms with van der Waals surface area (Å²) in [6, 6.07) is 0.673. The standard InChI is InChI=1S/C19H34N6O2/c1-27-14-6-12-24(19(26)9-5-13-25-16-20-21-22-25)15-17-7-4-11-23-10-3-2-8-18(17)23/h16-18H,2-15H2,1H3/t17-,18+/m0/s1. The van der Waals surface area contributed by atoms with E-state index in [0.717, 1.165) is 25.9 Å². The molecule has 27 heavy (non-hydrogen) atoms. The number of nitrogens with zero attached hydrogens (tertiary/aromatic N) is 6. The highest BCUT2D eigenvalue weighted by Crippen LogP contribution is 2.31. The van der Waals surface area contributed by atoms with Gasteiger partial charge in [-0.1, -0.05) is 6.42 Å². The Morgan fingerprint density at radius 3 is 2.93 bits per heavy atom. The van der Waals surface area contributed by atoms with Crippen LogP contribution in [0.4, 0.5) is 0 Å². The van der Waals surface area contributed by atoms with Crippen molar-refractivity contribution in [1.82, 2.24) is 30.0 Å². The average molecular weight is 379 g/mol. The van der Waals surface area contributed by atoms with E-state index in [4.69, 9.17) is 4.74 Å². The predicted molar refractivity (Wildman–Crippen MR) is 102 cm³/mol. The third kappa shape index (κ3) is 5.97. The molecule has 1 aromatic rings. The third-order valence-electron chi connectivity index (χ3n) is 5.98. The second kappa shape index (κ2) is 10.7. The quantitative estimate of drug-likeness (QED) is 0.576. The topological polar surface area (TPSA) is 76.4 Å². The third-order valence-corrected chi connectivity index (χ3v) is 5.98. The predicted octanol–water partition coefficient (Wildman–Crippen LogP) is 1.58. The largest absolute Gasteiger partial charge is 0.385 e. The fourth-order valence-electron chi connectivity index (χ4n) is 4.62. The summed E-state index contributed by atoms with van der Waals surface area (Å²) in [6.45, 7) is 5.56. The number of carbonyl (C=O) groups is 1. The van der Waals surface area contributed by atoms with E-state index in [-0.39, 0.29) is 5.91 Å². The van der Waals surface area contributed by atoms with Crippen molar-refractivity contribution in [2.24, 2.45) is 5.92 Å². The molecule has 2 aliphatic heterocycles. The maximum atomic E-state index is 12.9. The van der Waals surface area contributed by atoms with Crippen LogP contribution in [0.5, 0.6) is 0 Å². The molecule has 8 nitrogen and oxygen atoms in total. The lowest BCUT2D eigenvalue weighted by atomic mass is 9.83. The number of hydrogen-bond acceptors (Lipinski definition) is 6. The van der Waals surface area contributed by atoms with Crippen LogP contribution in [0.3, 0.4) is 0 Å². The molecule has 3 heterocycles. The van der Waals surface area contributed by atoms with Gasteiger partial charge in [-0.3, -0.25) is 4.79 Å². The van der Waals surface area contributed by atoms with Crippen LogP contribution in [0.25, 0.3) is 0 Å². The van der Waals surface area contributed by atoms with Crippen LogP contribution in [-0.2, 0) is 16.1 Å². The van der Waals surface area contributed by atoms with Gasteiger partial charge in [0.15, 0.2) is 0 Å². The van der Waals surface area contributed by atoms with Crippen molar-refractivity contribution in [1.29, 1.82) is 0 Å². The van der Waals surface area contributed by atoms with Crippen molar-refractivity contribution in [3.8, 4) is 0 Å². The molecule has 0 unspecified atom stereocenters. The number of hydrogen-bond donors (Lipinski definition) is 0. The second-order valence-corrected chi connectivity index (χ2v) is 7.86. The van der Waals surface area contributed by atoms with Gasteiger partial charge in [-0.2, -0.15) is 0 Å². The molecule has 2 atom stereocenters. The van der Waals surface area contributed by atoms with E-state index in [2.05, 4.69) is 25.3 Å².